The van der Waals surface area contributed by atoms with E-state index in [9.17, 15) is 18.0 Å². The van der Waals surface area contributed by atoms with Crippen molar-refractivity contribution in [2.45, 2.75) is 12.3 Å². The fourth-order valence-corrected chi connectivity index (χ4v) is 3.04. The average Bonchev–Trinajstić information content (AvgIpc) is 2.94. The fourth-order valence-electron chi connectivity index (χ4n) is 1.90. The first-order valence-electron chi connectivity index (χ1n) is 6.79. The summed E-state index contributed by atoms with van der Waals surface area (Å²) in [6.45, 7) is 0.194. The summed E-state index contributed by atoms with van der Waals surface area (Å²) in [6.07, 6.45) is -4.77. The smallest absolute Gasteiger partial charge is 0.374 e. The number of benzene rings is 1. The van der Waals surface area contributed by atoms with Crippen molar-refractivity contribution in [2.24, 2.45) is 0 Å². The first-order chi connectivity index (χ1) is 11.3. The minimum absolute atomic E-state index is 0.194. The zero-order valence-electron chi connectivity index (χ0n) is 12.5. The van der Waals surface area contributed by atoms with Crippen molar-refractivity contribution in [3.05, 3.63) is 51.2 Å². The quantitative estimate of drug-likeness (QED) is 0.775. The minimum Gasteiger partial charge on any atom is -0.374 e. The highest BCUT2D eigenvalue weighted by atomic mass is 35.5. The summed E-state index contributed by atoms with van der Waals surface area (Å²) in [4.78, 5) is 12.7. The molecule has 1 aromatic carbocycles. The van der Waals surface area contributed by atoms with Crippen LogP contribution in [0.4, 0.5) is 23.7 Å². The number of alkyl halides is 3. The number of thiophene rings is 1. The van der Waals surface area contributed by atoms with Gasteiger partial charge in [0.25, 0.3) is 0 Å². The number of nitrogens with one attached hydrogen (secondary N) is 2. The van der Waals surface area contributed by atoms with Gasteiger partial charge in [0.2, 0.25) is 0 Å². The van der Waals surface area contributed by atoms with Gasteiger partial charge in [-0.3, -0.25) is 0 Å². The summed E-state index contributed by atoms with van der Waals surface area (Å²) < 4.78 is 43.3. The Morgan fingerprint density at radius 3 is 2.42 bits per heavy atom. The van der Waals surface area contributed by atoms with Gasteiger partial charge in [0, 0.05) is 17.7 Å². The molecule has 9 heteroatoms. The molecule has 0 spiro atoms. The molecule has 0 radical (unpaired) electrons. The lowest BCUT2D eigenvalue weighted by Crippen LogP contribution is -2.32. The van der Waals surface area contributed by atoms with Gasteiger partial charge in [-0.2, -0.15) is 13.2 Å². The molecule has 1 heterocycles. The topological polar surface area (TPSA) is 50.4 Å². The largest absolute Gasteiger partial charge is 0.416 e. The number of ether oxygens (including phenoxy) is 1. The van der Waals surface area contributed by atoms with Crippen molar-refractivity contribution >= 4 is 34.7 Å². The average molecular weight is 379 g/mol. The predicted octanol–water partition coefficient (Wildman–Crippen LogP) is 4.93. The van der Waals surface area contributed by atoms with Crippen molar-refractivity contribution in [1.29, 1.82) is 0 Å². The molecule has 24 heavy (non-hydrogen) atoms. The normalized spacial score (nSPS) is 12.7. The van der Waals surface area contributed by atoms with Gasteiger partial charge in [-0.15, -0.1) is 11.3 Å². The number of carbonyl (C=O) groups is 1. The van der Waals surface area contributed by atoms with Crippen molar-refractivity contribution in [3.63, 3.8) is 0 Å². The van der Waals surface area contributed by atoms with E-state index in [-0.39, 0.29) is 18.3 Å². The molecule has 0 bridgehead atoms. The van der Waals surface area contributed by atoms with Gasteiger partial charge in [0.1, 0.15) is 6.10 Å². The first kappa shape index (κ1) is 18.6. The Bertz CT molecular complexity index is 689. The monoisotopic (exact) mass is 378 g/mol. The van der Waals surface area contributed by atoms with Crippen LogP contribution < -0.4 is 10.6 Å². The molecule has 0 saturated carbocycles. The summed E-state index contributed by atoms with van der Waals surface area (Å²) in [5, 5.41) is 5.06. The SMILES string of the molecule is COC(CNC(=O)Nc1ccc(C(F)(F)F)cc1)c1ccc(Cl)s1. The number of urea groups is 1. The number of halogens is 4. The third-order valence-corrected chi connectivity index (χ3v) is 4.44. The van der Waals surface area contributed by atoms with Crippen molar-refractivity contribution < 1.29 is 22.7 Å². The maximum absolute atomic E-state index is 12.5. The van der Waals surface area contributed by atoms with E-state index in [0.29, 0.717) is 4.34 Å². The van der Waals surface area contributed by atoms with E-state index in [1.807, 2.05) is 0 Å². The molecule has 2 rings (SSSR count). The molecule has 1 atom stereocenters. The Morgan fingerprint density at radius 2 is 1.92 bits per heavy atom. The second-order valence-electron chi connectivity index (χ2n) is 4.78. The molecular formula is C15H14ClF3N2O2S. The number of hydrogen-bond donors (Lipinski definition) is 2. The van der Waals surface area contributed by atoms with Crippen LogP contribution in [0.3, 0.4) is 0 Å². The van der Waals surface area contributed by atoms with E-state index in [1.54, 1.807) is 12.1 Å². The third-order valence-electron chi connectivity index (χ3n) is 3.11. The zero-order chi connectivity index (χ0) is 17.7. The molecule has 0 saturated heterocycles. The molecule has 1 aromatic heterocycles. The lowest BCUT2D eigenvalue weighted by Gasteiger charge is -2.15. The fraction of sp³-hybridized carbons (Fsp3) is 0.267. The van der Waals surface area contributed by atoms with E-state index in [1.165, 1.54) is 30.6 Å². The number of amides is 2. The van der Waals surface area contributed by atoms with Crippen LogP contribution in [-0.2, 0) is 10.9 Å². The highest BCUT2D eigenvalue weighted by molar-refractivity contribution is 7.16. The Labute approximate surface area is 145 Å². The van der Waals surface area contributed by atoms with E-state index in [4.69, 9.17) is 16.3 Å². The molecule has 0 aliphatic heterocycles. The van der Waals surface area contributed by atoms with Crippen LogP contribution in [-0.4, -0.2) is 19.7 Å². The Morgan fingerprint density at radius 1 is 1.25 bits per heavy atom. The summed E-state index contributed by atoms with van der Waals surface area (Å²) in [7, 11) is 1.51. The summed E-state index contributed by atoms with van der Waals surface area (Å²) in [5.74, 6) is 0. The van der Waals surface area contributed by atoms with Crippen LogP contribution in [0.15, 0.2) is 36.4 Å². The molecule has 1 unspecified atom stereocenters. The van der Waals surface area contributed by atoms with Crippen LogP contribution in [0, 0.1) is 0 Å². The number of hydrogen-bond acceptors (Lipinski definition) is 3. The van der Waals surface area contributed by atoms with Gasteiger partial charge >= 0.3 is 12.2 Å². The Hall–Kier alpha value is -1.77. The maximum Gasteiger partial charge on any atom is 0.416 e. The van der Waals surface area contributed by atoms with Gasteiger partial charge in [-0.1, -0.05) is 11.6 Å². The van der Waals surface area contributed by atoms with Crippen LogP contribution in [0.1, 0.15) is 16.5 Å². The number of rotatable bonds is 5. The second-order valence-corrected chi connectivity index (χ2v) is 6.52. The standard InChI is InChI=1S/C15H14ClF3N2O2S/c1-23-11(12-6-7-13(16)24-12)8-20-14(22)21-10-4-2-9(3-5-10)15(17,18)19/h2-7,11H,8H2,1H3,(H2,20,21,22). The van der Waals surface area contributed by atoms with E-state index in [2.05, 4.69) is 10.6 Å². The van der Waals surface area contributed by atoms with Crippen LogP contribution in [0.2, 0.25) is 4.34 Å². The van der Waals surface area contributed by atoms with Crippen molar-refractivity contribution in [3.8, 4) is 0 Å². The second kappa shape index (κ2) is 7.87. The molecule has 2 amide bonds. The molecule has 4 nitrogen and oxygen atoms in total. The van der Waals surface area contributed by atoms with Crippen LogP contribution in [0.25, 0.3) is 0 Å². The Kier molecular flexibility index (Phi) is 6.09. The number of carbonyl (C=O) groups excluding carboxylic acids is 1. The molecule has 2 aromatic rings. The Balaban J connectivity index is 1.88. The molecule has 0 fully saturated rings. The van der Waals surface area contributed by atoms with Crippen molar-refractivity contribution in [1.82, 2.24) is 5.32 Å². The summed E-state index contributed by atoms with van der Waals surface area (Å²) in [5.41, 5.74) is -0.517. The molecule has 2 N–H and O–H groups in total. The zero-order valence-corrected chi connectivity index (χ0v) is 14.1. The maximum atomic E-state index is 12.5. The third kappa shape index (κ3) is 5.12. The van der Waals surface area contributed by atoms with Crippen molar-refractivity contribution in [2.75, 3.05) is 19.0 Å². The molecule has 130 valence electrons. The van der Waals surface area contributed by atoms with E-state index >= 15 is 0 Å². The van der Waals surface area contributed by atoms with Gasteiger partial charge < -0.3 is 15.4 Å². The lowest BCUT2D eigenvalue weighted by atomic mass is 10.2. The summed E-state index contributed by atoms with van der Waals surface area (Å²) >= 11 is 7.20. The molecular weight excluding hydrogens is 365 g/mol. The molecule has 0 aliphatic rings. The van der Waals surface area contributed by atoms with Gasteiger partial charge in [0.15, 0.2) is 0 Å². The first-order valence-corrected chi connectivity index (χ1v) is 7.99. The number of methoxy groups -OCH3 is 1. The van der Waals surface area contributed by atoms with Gasteiger partial charge in [-0.05, 0) is 36.4 Å². The van der Waals surface area contributed by atoms with E-state index in [0.717, 1.165) is 17.0 Å². The predicted molar refractivity (Wildman–Crippen MR) is 87.5 cm³/mol. The highest BCUT2D eigenvalue weighted by Gasteiger charge is 2.30. The minimum atomic E-state index is -4.41. The lowest BCUT2D eigenvalue weighted by molar-refractivity contribution is -0.137. The molecule has 0 aliphatic carbocycles. The van der Waals surface area contributed by atoms with Gasteiger partial charge in [0.05, 0.1) is 16.4 Å². The number of anilines is 1. The van der Waals surface area contributed by atoms with Crippen LogP contribution >= 0.6 is 22.9 Å². The highest BCUT2D eigenvalue weighted by Crippen LogP contribution is 2.30. The van der Waals surface area contributed by atoms with E-state index < -0.39 is 17.8 Å². The van der Waals surface area contributed by atoms with Gasteiger partial charge in [-0.25, -0.2) is 4.79 Å². The van der Waals surface area contributed by atoms with Crippen LogP contribution in [0.5, 0.6) is 0 Å². The summed E-state index contributed by atoms with van der Waals surface area (Å²) in [6, 6.07) is 7.18.